The van der Waals surface area contributed by atoms with E-state index in [0.717, 1.165) is 4.90 Å². The molecule has 0 spiro atoms. The second-order valence-corrected chi connectivity index (χ2v) is 4.57. The SMILES string of the molecule is CCOC(C)(OCC)[NH+](C)C(C)OC(C)OC.F[B-](F)(F)F. The van der Waals surface area contributed by atoms with Crippen molar-refractivity contribution in [2.24, 2.45) is 0 Å². The van der Waals surface area contributed by atoms with Crippen LogP contribution >= 0.6 is 0 Å². The first kappa shape index (κ1) is 23.8. The fourth-order valence-corrected chi connectivity index (χ4v) is 1.63. The monoisotopic (exact) mass is 337 g/mol. The standard InChI is InChI=1S/C12H27NO4.BF4/c1-8-15-12(5,16-9-2)13(6)10(3)17-11(4)14-7;2-1(3,4)5/h10-11H,8-9H2,1-7H3;/q;-1/p+1. The lowest BCUT2D eigenvalue weighted by molar-refractivity contribution is -1.03. The van der Waals surface area contributed by atoms with Crippen molar-refractivity contribution in [3.63, 3.8) is 0 Å². The van der Waals surface area contributed by atoms with Crippen LogP contribution in [-0.4, -0.2) is 53.1 Å². The van der Waals surface area contributed by atoms with Crippen molar-refractivity contribution < 1.29 is 41.1 Å². The molecule has 0 radical (unpaired) electrons. The topological polar surface area (TPSA) is 41.4 Å². The highest BCUT2D eigenvalue weighted by molar-refractivity contribution is 6.50. The summed E-state index contributed by atoms with van der Waals surface area (Å²) in [4.78, 5) is 1.00. The fraction of sp³-hybridized carbons (Fsp3) is 1.00. The summed E-state index contributed by atoms with van der Waals surface area (Å²) in [5, 5.41) is 0. The zero-order valence-corrected chi connectivity index (χ0v) is 14.3. The molecular formula is C12H28BF4NO4. The molecule has 136 valence electrons. The van der Waals surface area contributed by atoms with Crippen LogP contribution in [-0.2, 0) is 18.9 Å². The molecule has 22 heavy (non-hydrogen) atoms. The fourth-order valence-electron chi connectivity index (χ4n) is 1.63. The molecule has 0 aromatic heterocycles. The smallest absolute Gasteiger partial charge is 0.418 e. The maximum Gasteiger partial charge on any atom is 0.673 e. The van der Waals surface area contributed by atoms with Gasteiger partial charge in [0.2, 0.25) is 0 Å². The van der Waals surface area contributed by atoms with Gasteiger partial charge in [0.25, 0.3) is 0 Å². The van der Waals surface area contributed by atoms with E-state index in [-0.39, 0.29) is 12.5 Å². The first-order chi connectivity index (χ1) is 9.91. The van der Waals surface area contributed by atoms with Gasteiger partial charge in [-0.1, -0.05) is 0 Å². The van der Waals surface area contributed by atoms with E-state index in [4.69, 9.17) is 18.9 Å². The molecule has 3 atom stereocenters. The molecule has 0 rings (SSSR count). The van der Waals surface area contributed by atoms with Gasteiger partial charge >= 0.3 is 13.2 Å². The minimum Gasteiger partial charge on any atom is -0.418 e. The Balaban J connectivity index is 0. The lowest BCUT2D eigenvalue weighted by Crippen LogP contribution is -3.21. The van der Waals surface area contributed by atoms with Gasteiger partial charge in [-0.05, 0) is 20.8 Å². The molecule has 0 aromatic carbocycles. The van der Waals surface area contributed by atoms with E-state index < -0.39 is 13.2 Å². The molecule has 0 heterocycles. The molecule has 10 heteroatoms. The van der Waals surface area contributed by atoms with Crippen LogP contribution in [0.3, 0.4) is 0 Å². The number of rotatable bonds is 9. The highest BCUT2D eigenvalue weighted by Gasteiger charge is 2.39. The van der Waals surface area contributed by atoms with Crippen LogP contribution < -0.4 is 4.90 Å². The number of nitrogens with one attached hydrogen (secondary N) is 1. The summed E-state index contributed by atoms with van der Waals surface area (Å²) in [5.41, 5.74) is 0. The van der Waals surface area contributed by atoms with Gasteiger partial charge in [0.1, 0.15) is 0 Å². The Morgan fingerprint density at radius 3 is 1.68 bits per heavy atom. The van der Waals surface area contributed by atoms with Crippen LogP contribution in [0.1, 0.15) is 34.6 Å². The molecule has 5 nitrogen and oxygen atoms in total. The Morgan fingerprint density at radius 2 is 1.41 bits per heavy atom. The summed E-state index contributed by atoms with van der Waals surface area (Å²) in [6, 6.07) is 0. The Kier molecular flexibility index (Phi) is 12.1. The van der Waals surface area contributed by atoms with E-state index in [0.29, 0.717) is 13.2 Å². The molecule has 0 aliphatic heterocycles. The lowest BCUT2D eigenvalue weighted by atomic mass is 10.3. The van der Waals surface area contributed by atoms with Crippen LogP contribution in [0.25, 0.3) is 0 Å². The highest BCUT2D eigenvalue weighted by Crippen LogP contribution is 2.07. The predicted octanol–water partition coefficient (Wildman–Crippen LogP) is 1.90. The number of halogens is 4. The minimum absolute atomic E-state index is 0.0898. The summed E-state index contributed by atoms with van der Waals surface area (Å²) < 4.78 is 61.1. The molecule has 0 fully saturated rings. The van der Waals surface area contributed by atoms with E-state index in [1.807, 2.05) is 41.7 Å². The average Bonchev–Trinajstić information content (AvgIpc) is 2.36. The predicted molar refractivity (Wildman–Crippen MR) is 75.7 cm³/mol. The number of ether oxygens (including phenoxy) is 4. The summed E-state index contributed by atoms with van der Waals surface area (Å²) in [6.07, 6.45) is -0.333. The van der Waals surface area contributed by atoms with Crippen molar-refractivity contribution >= 4 is 7.25 Å². The zero-order chi connectivity index (χ0) is 18.0. The first-order valence-corrected chi connectivity index (χ1v) is 7.08. The van der Waals surface area contributed by atoms with Crippen molar-refractivity contribution in [3.05, 3.63) is 0 Å². The van der Waals surface area contributed by atoms with Crippen molar-refractivity contribution in [1.82, 2.24) is 0 Å². The van der Waals surface area contributed by atoms with Gasteiger partial charge in [0, 0.05) is 21.0 Å². The third-order valence-corrected chi connectivity index (χ3v) is 2.89. The molecule has 0 saturated heterocycles. The largest absolute Gasteiger partial charge is 0.673 e. The highest BCUT2D eigenvalue weighted by atomic mass is 19.5. The maximum absolute atomic E-state index is 9.75. The van der Waals surface area contributed by atoms with E-state index in [9.17, 15) is 17.3 Å². The van der Waals surface area contributed by atoms with Gasteiger partial charge in [-0.25, -0.2) is 0 Å². The van der Waals surface area contributed by atoms with Gasteiger partial charge in [-0.2, -0.15) is 0 Å². The van der Waals surface area contributed by atoms with Crippen LogP contribution in [0, 0.1) is 0 Å². The van der Waals surface area contributed by atoms with Crippen LogP contribution in [0.4, 0.5) is 17.3 Å². The van der Waals surface area contributed by atoms with Gasteiger partial charge in [0.05, 0.1) is 20.3 Å². The summed E-state index contributed by atoms with van der Waals surface area (Å²) in [6.45, 7) is 10.9. The summed E-state index contributed by atoms with van der Waals surface area (Å²) in [7, 11) is -2.39. The number of methoxy groups -OCH3 is 1. The maximum atomic E-state index is 9.75. The molecule has 0 bridgehead atoms. The van der Waals surface area contributed by atoms with E-state index in [1.165, 1.54) is 0 Å². The number of hydrogen-bond donors (Lipinski definition) is 1. The van der Waals surface area contributed by atoms with Gasteiger partial charge in [0.15, 0.2) is 12.5 Å². The molecule has 1 N–H and O–H groups in total. The lowest BCUT2D eigenvalue weighted by Gasteiger charge is -2.37. The Bertz CT molecular complexity index is 272. The third kappa shape index (κ3) is 12.2. The Morgan fingerprint density at radius 1 is 1.05 bits per heavy atom. The number of quaternary nitrogens is 1. The van der Waals surface area contributed by atoms with Crippen molar-refractivity contribution in [1.29, 1.82) is 0 Å². The quantitative estimate of drug-likeness (QED) is 0.396. The second-order valence-electron chi connectivity index (χ2n) is 4.57. The van der Waals surface area contributed by atoms with E-state index in [2.05, 4.69) is 0 Å². The van der Waals surface area contributed by atoms with E-state index in [1.54, 1.807) is 7.11 Å². The molecular weight excluding hydrogens is 309 g/mol. The summed E-state index contributed by atoms with van der Waals surface area (Å²) >= 11 is 0. The molecule has 3 unspecified atom stereocenters. The van der Waals surface area contributed by atoms with Gasteiger partial charge < -0.3 is 36.2 Å². The molecule has 0 aliphatic carbocycles. The van der Waals surface area contributed by atoms with Crippen molar-refractivity contribution in [2.75, 3.05) is 27.4 Å². The van der Waals surface area contributed by atoms with Crippen LogP contribution in [0.15, 0.2) is 0 Å². The van der Waals surface area contributed by atoms with E-state index >= 15 is 0 Å². The summed E-state index contributed by atoms with van der Waals surface area (Å²) in [5.74, 6) is -0.698. The molecule has 0 aromatic rings. The van der Waals surface area contributed by atoms with Gasteiger partial charge in [-0.15, -0.1) is 0 Å². The first-order valence-electron chi connectivity index (χ1n) is 7.08. The average molecular weight is 337 g/mol. The third-order valence-electron chi connectivity index (χ3n) is 2.89. The molecule has 0 aliphatic rings. The minimum atomic E-state index is -6.00. The van der Waals surface area contributed by atoms with Crippen LogP contribution in [0.5, 0.6) is 0 Å². The zero-order valence-electron chi connectivity index (χ0n) is 14.3. The van der Waals surface area contributed by atoms with Crippen LogP contribution in [0.2, 0.25) is 0 Å². The Hall–Kier alpha value is -0.415. The number of hydrogen-bond acceptors (Lipinski definition) is 4. The van der Waals surface area contributed by atoms with Gasteiger partial charge in [-0.3, -0.25) is 4.90 Å². The second kappa shape index (κ2) is 11.2. The molecule has 0 amide bonds. The Labute approximate surface area is 129 Å². The molecule has 0 saturated carbocycles. The van der Waals surface area contributed by atoms with Crippen molar-refractivity contribution in [2.45, 2.75) is 53.0 Å². The normalized spacial score (nSPS) is 16.5. The van der Waals surface area contributed by atoms with Crippen molar-refractivity contribution in [3.8, 4) is 0 Å².